The SMILES string of the molecule is CCCCCCCCCCN(CCC#N)CCC#N. The molecule has 19 heavy (non-hydrogen) atoms. The largest absolute Gasteiger partial charge is 0.301 e. The van der Waals surface area contributed by atoms with Crippen molar-refractivity contribution in [2.24, 2.45) is 0 Å². The summed E-state index contributed by atoms with van der Waals surface area (Å²) in [5, 5.41) is 17.2. The molecule has 0 aromatic heterocycles. The normalized spacial score (nSPS) is 10.3. The van der Waals surface area contributed by atoms with Gasteiger partial charge in [-0.05, 0) is 13.0 Å². The van der Waals surface area contributed by atoms with Crippen LogP contribution in [0.2, 0.25) is 0 Å². The van der Waals surface area contributed by atoms with Crippen LogP contribution in [-0.2, 0) is 0 Å². The Morgan fingerprint density at radius 1 is 0.684 bits per heavy atom. The van der Waals surface area contributed by atoms with Crippen molar-refractivity contribution in [3.05, 3.63) is 0 Å². The summed E-state index contributed by atoms with van der Waals surface area (Å²) in [4.78, 5) is 2.25. The molecule has 0 atom stereocenters. The standard InChI is InChI=1S/C16H29N3/c1-2-3-4-5-6-7-8-9-14-19(15-10-12-17)16-11-13-18/h2-11,14-16H2,1H3. The molecule has 3 nitrogen and oxygen atoms in total. The first-order chi connectivity index (χ1) is 9.35. The van der Waals surface area contributed by atoms with Crippen molar-refractivity contribution >= 4 is 0 Å². The highest BCUT2D eigenvalue weighted by Gasteiger charge is 2.03. The van der Waals surface area contributed by atoms with E-state index in [2.05, 4.69) is 24.0 Å². The Morgan fingerprint density at radius 3 is 1.63 bits per heavy atom. The third-order valence-electron chi connectivity index (χ3n) is 3.41. The maximum Gasteiger partial charge on any atom is 0.0635 e. The van der Waals surface area contributed by atoms with Gasteiger partial charge < -0.3 is 4.90 Å². The number of hydrogen-bond donors (Lipinski definition) is 0. The Bertz CT molecular complexity index is 244. The maximum absolute atomic E-state index is 8.61. The minimum Gasteiger partial charge on any atom is -0.301 e. The summed E-state index contributed by atoms with van der Waals surface area (Å²) < 4.78 is 0. The van der Waals surface area contributed by atoms with Crippen LogP contribution in [0.4, 0.5) is 0 Å². The van der Waals surface area contributed by atoms with Crippen LogP contribution in [0.3, 0.4) is 0 Å². The average molecular weight is 263 g/mol. The molecular formula is C16H29N3. The van der Waals surface area contributed by atoms with Crippen LogP contribution < -0.4 is 0 Å². The molecule has 0 radical (unpaired) electrons. The summed E-state index contributed by atoms with van der Waals surface area (Å²) in [6.07, 6.45) is 11.7. The van der Waals surface area contributed by atoms with E-state index in [-0.39, 0.29) is 0 Å². The summed E-state index contributed by atoms with van der Waals surface area (Å²) in [5.74, 6) is 0. The van der Waals surface area contributed by atoms with Gasteiger partial charge in [0.15, 0.2) is 0 Å². The molecule has 0 unspecified atom stereocenters. The molecule has 3 heteroatoms. The molecule has 0 aliphatic rings. The van der Waals surface area contributed by atoms with Gasteiger partial charge in [0, 0.05) is 25.9 Å². The van der Waals surface area contributed by atoms with Crippen LogP contribution in [0, 0.1) is 22.7 Å². The maximum atomic E-state index is 8.61. The highest BCUT2D eigenvalue weighted by molar-refractivity contribution is 4.76. The Hall–Kier alpha value is -1.06. The summed E-state index contributed by atoms with van der Waals surface area (Å²) in [7, 11) is 0. The van der Waals surface area contributed by atoms with Crippen LogP contribution in [0.1, 0.15) is 71.1 Å². The molecular weight excluding hydrogens is 234 g/mol. The lowest BCUT2D eigenvalue weighted by Gasteiger charge is -2.19. The zero-order chi connectivity index (χ0) is 14.2. The molecule has 0 spiro atoms. The smallest absolute Gasteiger partial charge is 0.0635 e. The van der Waals surface area contributed by atoms with Crippen molar-refractivity contribution in [1.29, 1.82) is 10.5 Å². The van der Waals surface area contributed by atoms with E-state index in [0.29, 0.717) is 12.8 Å². The molecule has 0 aliphatic carbocycles. The fourth-order valence-corrected chi connectivity index (χ4v) is 2.22. The zero-order valence-electron chi connectivity index (χ0n) is 12.5. The first-order valence-electron chi connectivity index (χ1n) is 7.81. The molecule has 0 N–H and O–H groups in total. The van der Waals surface area contributed by atoms with Crippen molar-refractivity contribution < 1.29 is 0 Å². The highest BCUT2D eigenvalue weighted by Crippen LogP contribution is 2.09. The minimum atomic E-state index is 0.572. The van der Waals surface area contributed by atoms with Gasteiger partial charge in [-0.3, -0.25) is 0 Å². The predicted octanol–water partition coefficient (Wildman–Crippen LogP) is 4.26. The third-order valence-corrected chi connectivity index (χ3v) is 3.41. The van der Waals surface area contributed by atoms with E-state index in [1.54, 1.807) is 0 Å². The lowest BCUT2D eigenvalue weighted by molar-refractivity contribution is 0.278. The van der Waals surface area contributed by atoms with E-state index in [4.69, 9.17) is 10.5 Å². The van der Waals surface area contributed by atoms with E-state index in [1.807, 2.05) is 0 Å². The average Bonchev–Trinajstić information content (AvgIpc) is 2.43. The Morgan fingerprint density at radius 2 is 1.16 bits per heavy atom. The summed E-state index contributed by atoms with van der Waals surface area (Å²) in [6, 6.07) is 4.36. The van der Waals surface area contributed by atoms with Gasteiger partial charge in [0.05, 0.1) is 12.1 Å². The Labute approximate surface area is 119 Å². The van der Waals surface area contributed by atoms with Gasteiger partial charge in [-0.15, -0.1) is 0 Å². The van der Waals surface area contributed by atoms with Gasteiger partial charge in [0.25, 0.3) is 0 Å². The molecule has 108 valence electrons. The highest BCUT2D eigenvalue weighted by atomic mass is 15.1. The van der Waals surface area contributed by atoms with Crippen molar-refractivity contribution in [2.75, 3.05) is 19.6 Å². The van der Waals surface area contributed by atoms with Gasteiger partial charge in [-0.2, -0.15) is 10.5 Å². The molecule has 0 aromatic rings. The lowest BCUT2D eigenvalue weighted by atomic mass is 10.1. The fraction of sp³-hybridized carbons (Fsp3) is 0.875. The quantitative estimate of drug-likeness (QED) is 0.467. The second-order valence-electron chi connectivity index (χ2n) is 5.13. The van der Waals surface area contributed by atoms with Gasteiger partial charge in [0.2, 0.25) is 0 Å². The van der Waals surface area contributed by atoms with E-state index < -0.39 is 0 Å². The molecule has 0 fully saturated rings. The topological polar surface area (TPSA) is 50.8 Å². The Kier molecular flexibility index (Phi) is 14.2. The number of rotatable bonds is 13. The number of hydrogen-bond acceptors (Lipinski definition) is 3. The number of unbranched alkanes of at least 4 members (excludes halogenated alkanes) is 7. The molecule has 0 rings (SSSR count). The molecule has 0 saturated carbocycles. The monoisotopic (exact) mass is 263 g/mol. The molecule has 0 saturated heterocycles. The van der Waals surface area contributed by atoms with Crippen LogP contribution in [-0.4, -0.2) is 24.5 Å². The summed E-state index contributed by atoms with van der Waals surface area (Å²) in [6.45, 7) is 4.92. The number of nitriles is 2. The first-order valence-corrected chi connectivity index (χ1v) is 7.81. The zero-order valence-corrected chi connectivity index (χ0v) is 12.5. The predicted molar refractivity (Wildman–Crippen MR) is 79.5 cm³/mol. The minimum absolute atomic E-state index is 0.572. The molecule has 0 aliphatic heterocycles. The first kappa shape index (κ1) is 17.9. The van der Waals surface area contributed by atoms with E-state index in [1.165, 1.54) is 51.4 Å². The number of nitrogens with zero attached hydrogens (tertiary/aromatic N) is 3. The second-order valence-corrected chi connectivity index (χ2v) is 5.13. The summed E-state index contributed by atoms with van der Waals surface area (Å²) >= 11 is 0. The third kappa shape index (κ3) is 13.2. The van der Waals surface area contributed by atoms with Crippen LogP contribution in [0.25, 0.3) is 0 Å². The lowest BCUT2D eigenvalue weighted by Crippen LogP contribution is -2.26. The molecule has 0 heterocycles. The van der Waals surface area contributed by atoms with Crippen LogP contribution in [0.5, 0.6) is 0 Å². The molecule has 0 bridgehead atoms. The van der Waals surface area contributed by atoms with Crippen molar-refractivity contribution in [2.45, 2.75) is 71.1 Å². The van der Waals surface area contributed by atoms with Crippen molar-refractivity contribution in [3.8, 4) is 12.1 Å². The molecule has 0 aromatic carbocycles. The van der Waals surface area contributed by atoms with E-state index in [9.17, 15) is 0 Å². The molecule has 0 amide bonds. The van der Waals surface area contributed by atoms with Gasteiger partial charge >= 0.3 is 0 Å². The Balaban J connectivity index is 3.47. The second kappa shape index (κ2) is 15.0. The van der Waals surface area contributed by atoms with Crippen molar-refractivity contribution in [1.82, 2.24) is 4.90 Å². The van der Waals surface area contributed by atoms with E-state index in [0.717, 1.165) is 19.6 Å². The fourth-order valence-electron chi connectivity index (χ4n) is 2.22. The van der Waals surface area contributed by atoms with Gasteiger partial charge in [-0.1, -0.05) is 51.9 Å². The van der Waals surface area contributed by atoms with Crippen molar-refractivity contribution in [3.63, 3.8) is 0 Å². The van der Waals surface area contributed by atoms with E-state index >= 15 is 0 Å². The summed E-state index contributed by atoms with van der Waals surface area (Å²) in [5.41, 5.74) is 0. The van der Waals surface area contributed by atoms with Crippen LogP contribution >= 0.6 is 0 Å². The van der Waals surface area contributed by atoms with Gasteiger partial charge in [0.1, 0.15) is 0 Å². The van der Waals surface area contributed by atoms with Gasteiger partial charge in [-0.25, -0.2) is 0 Å². The van der Waals surface area contributed by atoms with Crippen LogP contribution in [0.15, 0.2) is 0 Å².